The van der Waals surface area contributed by atoms with Gasteiger partial charge in [-0.3, -0.25) is 0 Å². The van der Waals surface area contributed by atoms with Crippen molar-refractivity contribution in [3.8, 4) is 44.8 Å². The minimum absolute atomic E-state index is 1.14. The number of fused-ring (bicyclic) bond motifs is 7. The highest BCUT2D eigenvalue weighted by molar-refractivity contribution is 6.26. The predicted octanol–water partition coefficient (Wildman–Crippen LogP) is 12.9. The number of hydrogen-bond donors (Lipinski definition) is 0. The van der Waals surface area contributed by atoms with E-state index in [1.54, 1.807) is 0 Å². The first-order valence-corrected chi connectivity index (χ1v) is 17.2. The standard InChI is InChI=1S/C48H32N2/c1-4-14-33(15-5-1)34-26-28-35(29-27-34)37-18-12-21-39(32-37)50-44-24-11-10-22-41(44)42-30-31-43-46-40(36-16-6-2-7-17-36)23-13-25-45(46)49(48(43)47(42)50)38-19-8-3-9-20-38/h1-32H. The van der Waals surface area contributed by atoms with Crippen LogP contribution in [0.1, 0.15) is 0 Å². The fourth-order valence-corrected chi connectivity index (χ4v) is 7.88. The molecule has 0 radical (unpaired) electrons. The van der Waals surface area contributed by atoms with Crippen LogP contribution in [0, 0.1) is 0 Å². The lowest BCUT2D eigenvalue weighted by Gasteiger charge is -2.13. The largest absolute Gasteiger partial charge is 0.307 e. The van der Waals surface area contributed by atoms with Crippen molar-refractivity contribution in [3.05, 3.63) is 194 Å². The molecule has 2 heteroatoms. The molecular weight excluding hydrogens is 605 g/mol. The Morgan fingerprint density at radius 3 is 1.54 bits per heavy atom. The summed E-state index contributed by atoms with van der Waals surface area (Å²) < 4.78 is 4.95. The van der Waals surface area contributed by atoms with Crippen molar-refractivity contribution in [2.75, 3.05) is 0 Å². The molecule has 234 valence electrons. The Labute approximate surface area is 290 Å². The van der Waals surface area contributed by atoms with Gasteiger partial charge in [-0.15, -0.1) is 0 Å². The van der Waals surface area contributed by atoms with Gasteiger partial charge in [0, 0.05) is 32.9 Å². The van der Waals surface area contributed by atoms with E-state index in [1.807, 2.05) is 0 Å². The molecule has 8 aromatic carbocycles. The Morgan fingerprint density at radius 1 is 0.280 bits per heavy atom. The summed E-state index contributed by atoms with van der Waals surface area (Å²) in [6, 6.07) is 70.3. The molecule has 0 amide bonds. The van der Waals surface area contributed by atoms with Gasteiger partial charge in [-0.1, -0.05) is 158 Å². The maximum atomic E-state index is 2.48. The summed E-state index contributed by atoms with van der Waals surface area (Å²) in [7, 11) is 0. The van der Waals surface area contributed by atoms with E-state index >= 15 is 0 Å². The molecule has 10 aromatic rings. The third-order valence-corrected chi connectivity index (χ3v) is 10.1. The van der Waals surface area contributed by atoms with Crippen LogP contribution in [-0.2, 0) is 0 Å². The molecule has 0 saturated heterocycles. The molecule has 0 saturated carbocycles. The molecule has 0 N–H and O–H groups in total. The van der Waals surface area contributed by atoms with Crippen LogP contribution in [0.15, 0.2) is 194 Å². The first-order valence-electron chi connectivity index (χ1n) is 17.2. The van der Waals surface area contributed by atoms with Crippen molar-refractivity contribution in [2.24, 2.45) is 0 Å². The van der Waals surface area contributed by atoms with Crippen LogP contribution in [0.4, 0.5) is 0 Å². The molecule has 0 bridgehead atoms. The van der Waals surface area contributed by atoms with Crippen molar-refractivity contribution in [1.29, 1.82) is 0 Å². The van der Waals surface area contributed by atoms with E-state index in [2.05, 4.69) is 203 Å². The van der Waals surface area contributed by atoms with Crippen LogP contribution >= 0.6 is 0 Å². The lowest BCUT2D eigenvalue weighted by Crippen LogP contribution is -1.98. The van der Waals surface area contributed by atoms with Gasteiger partial charge in [-0.05, 0) is 69.8 Å². The highest BCUT2D eigenvalue weighted by Crippen LogP contribution is 2.44. The molecule has 0 aliphatic heterocycles. The Balaban J connectivity index is 1.28. The average molecular weight is 637 g/mol. The van der Waals surface area contributed by atoms with Crippen LogP contribution < -0.4 is 0 Å². The highest BCUT2D eigenvalue weighted by Gasteiger charge is 2.23. The summed E-state index contributed by atoms with van der Waals surface area (Å²) in [4.78, 5) is 0. The first kappa shape index (κ1) is 28.4. The molecule has 0 aliphatic carbocycles. The van der Waals surface area contributed by atoms with Crippen molar-refractivity contribution < 1.29 is 0 Å². The second kappa shape index (κ2) is 11.5. The van der Waals surface area contributed by atoms with Gasteiger partial charge in [0.2, 0.25) is 0 Å². The topological polar surface area (TPSA) is 9.86 Å². The van der Waals surface area contributed by atoms with E-state index < -0.39 is 0 Å². The maximum Gasteiger partial charge on any atom is 0.0789 e. The smallest absolute Gasteiger partial charge is 0.0789 e. The molecule has 0 unspecified atom stereocenters. The molecule has 2 aromatic heterocycles. The van der Waals surface area contributed by atoms with E-state index in [9.17, 15) is 0 Å². The van der Waals surface area contributed by atoms with Gasteiger partial charge in [0.25, 0.3) is 0 Å². The van der Waals surface area contributed by atoms with Gasteiger partial charge in [0.05, 0.1) is 22.1 Å². The zero-order valence-electron chi connectivity index (χ0n) is 27.4. The van der Waals surface area contributed by atoms with Gasteiger partial charge >= 0.3 is 0 Å². The summed E-state index contributed by atoms with van der Waals surface area (Å²) in [5, 5.41) is 5.00. The lowest BCUT2D eigenvalue weighted by molar-refractivity contribution is 1.15. The second-order valence-electron chi connectivity index (χ2n) is 12.9. The van der Waals surface area contributed by atoms with Gasteiger partial charge < -0.3 is 9.13 Å². The van der Waals surface area contributed by atoms with Crippen molar-refractivity contribution in [1.82, 2.24) is 9.13 Å². The molecule has 0 fully saturated rings. The SMILES string of the molecule is c1ccc(-c2ccc(-c3cccc(-n4c5ccccc5c5ccc6c7c(-c8ccccc8)cccc7n(-c7ccccc7)c6c54)c3)cc2)cc1. The van der Waals surface area contributed by atoms with E-state index in [4.69, 9.17) is 0 Å². The predicted molar refractivity (Wildman–Crippen MR) is 211 cm³/mol. The maximum absolute atomic E-state index is 2.48. The normalized spacial score (nSPS) is 11.6. The summed E-state index contributed by atoms with van der Waals surface area (Å²) in [6.45, 7) is 0. The van der Waals surface area contributed by atoms with E-state index in [0.29, 0.717) is 0 Å². The monoisotopic (exact) mass is 636 g/mol. The fourth-order valence-electron chi connectivity index (χ4n) is 7.88. The number of aromatic nitrogens is 2. The number of para-hydroxylation sites is 2. The van der Waals surface area contributed by atoms with Crippen LogP contribution in [0.2, 0.25) is 0 Å². The van der Waals surface area contributed by atoms with Gasteiger partial charge in [0.1, 0.15) is 0 Å². The minimum atomic E-state index is 1.14. The van der Waals surface area contributed by atoms with Crippen LogP contribution in [0.3, 0.4) is 0 Å². The van der Waals surface area contributed by atoms with E-state index in [0.717, 1.165) is 11.4 Å². The van der Waals surface area contributed by atoms with Crippen molar-refractivity contribution >= 4 is 43.6 Å². The van der Waals surface area contributed by atoms with Crippen LogP contribution in [0.25, 0.3) is 88.4 Å². The van der Waals surface area contributed by atoms with E-state index in [1.165, 1.54) is 77.0 Å². The molecular formula is C48H32N2. The van der Waals surface area contributed by atoms with Crippen LogP contribution in [-0.4, -0.2) is 9.13 Å². The number of benzene rings is 8. The Bertz CT molecular complexity index is 2820. The molecule has 2 heterocycles. The minimum Gasteiger partial charge on any atom is -0.307 e. The lowest BCUT2D eigenvalue weighted by atomic mass is 9.99. The quantitative estimate of drug-likeness (QED) is 0.178. The first-order chi connectivity index (χ1) is 24.8. The summed E-state index contributed by atoms with van der Waals surface area (Å²) in [5.41, 5.74) is 14.4. The summed E-state index contributed by atoms with van der Waals surface area (Å²) in [6.07, 6.45) is 0. The number of nitrogens with zero attached hydrogens (tertiary/aromatic N) is 2. The third kappa shape index (κ3) is 4.43. The zero-order chi connectivity index (χ0) is 33.0. The summed E-state index contributed by atoms with van der Waals surface area (Å²) in [5.74, 6) is 0. The number of rotatable bonds is 5. The highest BCUT2D eigenvalue weighted by atomic mass is 15.0. The van der Waals surface area contributed by atoms with Gasteiger partial charge in [-0.25, -0.2) is 0 Å². The van der Waals surface area contributed by atoms with Gasteiger partial charge in [0.15, 0.2) is 0 Å². The average Bonchev–Trinajstić information content (AvgIpc) is 3.72. The molecule has 0 spiro atoms. The molecule has 0 atom stereocenters. The Hall–Kier alpha value is -6.64. The molecule has 50 heavy (non-hydrogen) atoms. The number of hydrogen-bond acceptors (Lipinski definition) is 0. The zero-order valence-corrected chi connectivity index (χ0v) is 27.4. The van der Waals surface area contributed by atoms with Crippen LogP contribution in [0.5, 0.6) is 0 Å². The van der Waals surface area contributed by atoms with E-state index in [-0.39, 0.29) is 0 Å². The molecule has 10 rings (SSSR count). The third-order valence-electron chi connectivity index (χ3n) is 10.1. The Kier molecular flexibility index (Phi) is 6.53. The second-order valence-corrected chi connectivity index (χ2v) is 12.9. The molecule has 0 aliphatic rings. The Morgan fingerprint density at radius 2 is 0.780 bits per heavy atom. The van der Waals surface area contributed by atoms with Crippen molar-refractivity contribution in [2.45, 2.75) is 0 Å². The van der Waals surface area contributed by atoms with Gasteiger partial charge in [-0.2, -0.15) is 0 Å². The summed E-state index contributed by atoms with van der Waals surface area (Å²) >= 11 is 0. The molecule has 2 nitrogen and oxygen atoms in total. The fraction of sp³-hybridized carbons (Fsp3) is 0. The van der Waals surface area contributed by atoms with Crippen molar-refractivity contribution in [3.63, 3.8) is 0 Å².